The summed E-state index contributed by atoms with van der Waals surface area (Å²) < 4.78 is 5.48. The SMILES string of the molecule is Cc1cnc(C(C)Nc2nc3ccccc3[nH]2)o1. The first-order valence-electron chi connectivity index (χ1n) is 5.86. The van der Waals surface area contributed by atoms with Crippen LogP contribution in [0.1, 0.15) is 24.6 Å². The molecule has 0 radical (unpaired) electrons. The van der Waals surface area contributed by atoms with Crippen LogP contribution in [0.15, 0.2) is 34.9 Å². The van der Waals surface area contributed by atoms with E-state index in [-0.39, 0.29) is 6.04 Å². The topological polar surface area (TPSA) is 66.7 Å². The highest BCUT2D eigenvalue weighted by Crippen LogP contribution is 2.19. The van der Waals surface area contributed by atoms with Crippen molar-refractivity contribution in [3.63, 3.8) is 0 Å². The van der Waals surface area contributed by atoms with Gasteiger partial charge in [-0.05, 0) is 26.0 Å². The van der Waals surface area contributed by atoms with Gasteiger partial charge in [0.2, 0.25) is 11.8 Å². The molecular formula is C13H14N4O. The van der Waals surface area contributed by atoms with Gasteiger partial charge in [0.15, 0.2) is 0 Å². The van der Waals surface area contributed by atoms with Crippen LogP contribution in [0.25, 0.3) is 11.0 Å². The number of anilines is 1. The van der Waals surface area contributed by atoms with E-state index in [0.717, 1.165) is 22.7 Å². The van der Waals surface area contributed by atoms with Gasteiger partial charge in [-0.15, -0.1) is 0 Å². The zero-order valence-electron chi connectivity index (χ0n) is 10.3. The Morgan fingerprint density at radius 1 is 1.33 bits per heavy atom. The second-order valence-electron chi connectivity index (χ2n) is 4.28. The molecule has 0 saturated heterocycles. The number of hydrogen-bond acceptors (Lipinski definition) is 4. The lowest BCUT2D eigenvalue weighted by molar-refractivity contribution is 0.453. The first kappa shape index (κ1) is 10.8. The largest absolute Gasteiger partial charge is 0.444 e. The van der Waals surface area contributed by atoms with Crippen molar-refractivity contribution in [2.24, 2.45) is 0 Å². The first-order chi connectivity index (χ1) is 8.72. The summed E-state index contributed by atoms with van der Waals surface area (Å²) in [4.78, 5) is 11.9. The minimum Gasteiger partial charge on any atom is -0.444 e. The van der Waals surface area contributed by atoms with E-state index >= 15 is 0 Å². The summed E-state index contributed by atoms with van der Waals surface area (Å²) in [6, 6.07) is 7.88. The molecule has 5 heteroatoms. The maximum Gasteiger partial charge on any atom is 0.216 e. The van der Waals surface area contributed by atoms with E-state index in [2.05, 4.69) is 20.3 Å². The van der Waals surface area contributed by atoms with Gasteiger partial charge in [0.05, 0.1) is 17.2 Å². The number of aromatic nitrogens is 3. The summed E-state index contributed by atoms with van der Waals surface area (Å²) in [5.41, 5.74) is 1.95. The van der Waals surface area contributed by atoms with Gasteiger partial charge in [0, 0.05) is 0 Å². The van der Waals surface area contributed by atoms with Crippen molar-refractivity contribution in [2.75, 3.05) is 5.32 Å². The number of rotatable bonds is 3. The normalized spacial score (nSPS) is 12.8. The van der Waals surface area contributed by atoms with E-state index in [1.807, 2.05) is 38.1 Å². The maximum atomic E-state index is 5.48. The number of hydrogen-bond donors (Lipinski definition) is 2. The number of nitrogens with zero attached hydrogens (tertiary/aromatic N) is 2. The van der Waals surface area contributed by atoms with Crippen LogP contribution in [0.5, 0.6) is 0 Å². The molecule has 1 aromatic carbocycles. The van der Waals surface area contributed by atoms with E-state index in [1.165, 1.54) is 0 Å². The standard InChI is InChI=1S/C13H14N4O/c1-8-7-14-12(18-8)9(2)15-13-16-10-5-3-4-6-11(10)17-13/h3-7,9H,1-2H3,(H2,15,16,17). The summed E-state index contributed by atoms with van der Waals surface area (Å²) in [7, 11) is 0. The van der Waals surface area contributed by atoms with E-state index in [0.29, 0.717) is 5.89 Å². The molecule has 0 aliphatic rings. The Hall–Kier alpha value is -2.30. The fourth-order valence-electron chi connectivity index (χ4n) is 1.86. The van der Waals surface area contributed by atoms with Gasteiger partial charge in [-0.1, -0.05) is 12.1 Å². The zero-order valence-corrected chi connectivity index (χ0v) is 10.3. The molecule has 0 spiro atoms. The number of fused-ring (bicyclic) bond motifs is 1. The van der Waals surface area contributed by atoms with Crippen LogP contribution in [-0.2, 0) is 0 Å². The van der Waals surface area contributed by atoms with Crippen LogP contribution in [0, 0.1) is 6.92 Å². The number of H-pyrrole nitrogens is 1. The second-order valence-corrected chi connectivity index (χ2v) is 4.28. The number of aromatic amines is 1. The third-order valence-electron chi connectivity index (χ3n) is 2.75. The van der Waals surface area contributed by atoms with E-state index in [1.54, 1.807) is 6.20 Å². The minimum atomic E-state index is -0.0285. The molecule has 2 heterocycles. The summed E-state index contributed by atoms with van der Waals surface area (Å²) >= 11 is 0. The number of para-hydroxylation sites is 2. The molecule has 2 aromatic heterocycles. The molecule has 0 aliphatic carbocycles. The number of oxazole rings is 1. The van der Waals surface area contributed by atoms with Crippen molar-refractivity contribution in [2.45, 2.75) is 19.9 Å². The molecule has 18 heavy (non-hydrogen) atoms. The van der Waals surface area contributed by atoms with Gasteiger partial charge in [0.1, 0.15) is 11.8 Å². The van der Waals surface area contributed by atoms with Gasteiger partial charge in [-0.25, -0.2) is 9.97 Å². The van der Waals surface area contributed by atoms with Crippen LogP contribution < -0.4 is 5.32 Å². The molecule has 2 N–H and O–H groups in total. The van der Waals surface area contributed by atoms with Gasteiger partial charge in [0.25, 0.3) is 0 Å². The van der Waals surface area contributed by atoms with Crippen LogP contribution in [0.2, 0.25) is 0 Å². The van der Waals surface area contributed by atoms with Crippen LogP contribution in [0.3, 0.4) is 0 Å². The van der Waals surface area contributed by atoms with Crippen molar-refractivity contribution in [3.8, 4) is 0 Å². The fraction of sp³-hybridized carbons (Fsp3) is 0.231. The van der Waals surface area contributed by atoms with E-state index in [4.69, 9.17) is 4.42 Å². The Morgan fingerprint density at radius 3 is 2.89 bits per heavy atom. The molecule has 1 unspecified atom stereocenters. The smallest absolute Gasteiger partial charge is 0.216 e. The predicted octanol–water partition coefficient (Wildman–Crippen LogP) is 3.03. The molecule has 0 aliphatic heterocycles. The first-order valence-corrected chi connectivity index (χ1v) is 5.86. The molecule has 1 atom stereocenters. The lowest BCUT2D eigenvalue weighted by Gasteiger charge is -2.08. The van der Waals surface area contributed by atoms with Crippen molar-refractivity contribution in [3.05, 3.63) is 42.1 Å². The molecule has 0 bridgehead atoms. The summed E-state index contributed by atoms with van der Waals surface area (Å²) in [5.74, 6) is 2.19. The Morgan fingerprint density at radius 2 is 2.17 bits per heavy atom. The van der Waals surface area contributed by atoms with Crippen molar-refractivity contribution in [1.82, 2.24) is 15.0 Å². The van der Waals surface area contributed by atoms with Crippen molar-refractivity contribution >= 4 is 17.0 Å². The number of imidazole rings is 1. The molecule has 3 aromatic rings. The average molecular weight is 242 g/mol. The third-order valence-corrected chi connectivity index (χ3v) is 2.75. The lowest BCUT2D eigenvalue weighted by Crippen LogP contribution is -2.07. The second kappa shape index (κ2) is 4.18. The van der Waals surface area contributed by atoms with Gasteiger partial charge >= 0.3 is 0 Å². The van der Waals surface area contributed by atoms with Crippen molar-refractivity contribution in [1.29, 1.82) is 0 Å². The van der Waals surface area contributed by atoms with E-state index < -0.39 is 0 Å². The van der Waals surface area contributed by atoms with Gasteiger partial charge in [-0.3, -0.25) is 0 Å². The van der Waals surface area contributed by atoms with Crippen molar-refractivity contribution < 1.29 is 4.42 Å². The maximum absolute atomic E-state index is 5.48. The predicted molar refractivity (Wildman–Crippen MR) is 69.4 cm³/mol. The molecule has 92 valence electrons. The van der Waals surface area contributed by atoms with Crippen LogP contribution >= 0.6 is 0 Å². The molecule has 3 rings (SSSR count). The number of aryl methyl sites for hydroxylation is 1. The summed E-state index contributed by atoms with van der Waals surface area (Å²) in [5, 5.41) is 3.24. The quantitative estimate of drug-likeness (QED) is 0.740. The lowest BCUT2D eigenvalue weighted by atomic mass is 10.3. The molecule has 0 saturated carbocycles. The molecule has 0 fully saturated rings. The van der Waals surface area contributed by atoms with Gasteiger partial charge < -0.3 is 14.7 Å². The zero-order chi connectivity index (χ0) is 12.5. The Balaban J connectivity index is 1.83. The van der Waals surface area contributed by atoms with Crippen LogP contribution in [-0.4, -0.2) is 15.0 Å². The highest BCUT2D eigenvalue weighted by molar-refractivity contribution is 5.77. The molecule has 0 amide bonds. The highest BCUT2D eigenvalue weighted by atomic mass is 16.4. The van der Waals surface area contributed by atoms with Gasteiger partial charge in [-0.2, -0.15) is 0 Å². The highest BCUT2D eigenvalue weighted by Gasteiger charge is 2.12. The van der Waals surface area contributed by atoms with E-state index in [9.17, 15) is 0 Å². The van der Waals surface area contributed by atoms with Crippen LogP contribution in [0.4, 0.5) is 5.95 Å². The number of nitrogens with one attached hydrogen (secondary N) is 2. The monoisotopic (exact) mass is 242 g/mol. The summed E-state index contributed by atoms with van der Waals surface area (Å²) in [6.45, 7) is 3.86. The Bertz CT molecular complexity index is 637. The average Bonchev–Trinajstić information content (AvgIpc) is 2.94. The Kier molecular flexibility index (Phi) is 2.51. The third kappa shape index (κ3) is 1.95. The minimum absolute atomic E-state index is 0.0285. The Labute approximate surface area is 104 Å². The number of benzene rings is 1. The molecule has 5 nitrogen and oxygen atoms in total. The summed E-state index contributed by atoms with van der Waals surface area (Å²) in [6.07, 6.45) is 1.71. The molecular weight excluding hydrogens is 228 g/mol. The fourth-order valence-corrected chi connectivity index (χ4v) is 1.86.